The molecule has 0 amide bonds. The summed E-state index contributed by atoms with van der Waals surface area (Å²) in [5.74, 6) is 1.56. The van der Waals surface area contributed by atoms with Gasteiger partial charge in [0.05, 0.1) is 19.3 Å². The van der Waals surface area contributed by atoms with E-state index >= 15 is 0 Å². The molecule has 0 aliphatic heterocycles. The average molecular weight is 697 g/mol. The molecule has 5 nitrogen and oxygen atoms in total. The summed E-state index contributed by atoms with van der Waals surface area (Å²) in [6, 6.07) is 45.7. The highest BCUT2D eigenvalue weighted by Gasteiger charge is 2.20. The molecule has 0 saturated heterocycles. The molecule has 0 N–H and O–H groups in total. The molecule has 0 fully saturated rings. The summed E-state index contributed by atoms with van der Waals surface area (Å²) in [4.78, 5) is 14.9. The van der Waals surface area contributed by atoms with Gasteiger partial charge < -0.3 is 8.98 Å². The van der Waals surface area contributed by atoms with Gasteiger partial charge in [0.25, 0.3) is 0 Å². The standard InChI is InChI=1S/C49H30N4O/c1-3-14-32(15-4-1)41-29-37(53-43-21-11-9-19-38(43)39-20-10-12-22-44(39)53)30-42-40-26-25-36(28-45(40)54-46(41)42)49-51-47(33-16-5-2-6-17-33)50-48(52-49)35-24-23-31-13-7-8-18-34(31)27-35/h1-30H/i9D,10D,19D,20D,21D,22D. The van der Waals surface area contributed by atoms with Crippen molar-refractivity contribution in [1.82, 2.24) is 19.5 Å². The molecule has 0 atom stereocenters. The van der Waals surface area contributed by atoms with Gasteiger partial charge >= 0.3 is 0 Å². The van der Waals surface area contributed by atoms with Gasteiger partial charge in [0, 0.05) is 49.5 Å². The summed E-state index contributed by atoms with van der Waals surface area (Å²) in [6.45, 7) is 0. The molecule has 3 heterocycles. The average Bonchev–Trinajstić information content (AvgIpc) is 3.85. The van der Waals surface area contributed by atoms with E-state index in [2.05, 4.69) is 24.3 Å². The van der Waals surface area contributed by atoms with Crippen molar-refractivity contribution in [3.8, 4) is 51.0 Å². The Kier molecular flexibility index (Phi) is 5.55. The van der Waals surface area contributed by atoms with Crippen molar-refractivity contribution in [2.24, 2.45) is 0 Å². The number of nitrogens with zero attached hydrogens (tertiary/aromatic N) is 4. The Bertz CT molecular complexity index is 3500. The molecule has 252 valence electrons. The lowest BCUT2D eigenvalue weighted by molar-refractivity contribution is 0.670. The van der Waals surface area contributed by atoms with Crippen LogP contribution in [0.15, 0.2) is 186 Å². The maximum atomic E-state index is 9.05. The smallest absolute Gasteiger partial charge is 0.164 e. The van der Waals surface area contributed by atoms with E-state index in [1.807, 2.05) is 109 Å². The largest absolute Gasteiger partial charge is 0.455 e. The molecule has 11 rings (SSSR count). The zero-order chi connectivity index (χ0) is 40.8. The third kappa shape index (κ3) is 4.90. The first kappa shape index (κ1) is 24.8. The zero-order valence-corrected chi connectivity index (χ0v) is 28.6. The summed E-state index contributed by atoms with van der Waals surface area (Å²) in [5, 5.41) is 4.18. The Morgan fingerprint density at radius 1 is 0.444 bits per heavy atom. The van der Waals surface area contributed by atoms with Crippen LogP contribution in [0.1, 0.15) is 8.22 Å². The van der Waals surface area contributed by atoms with Crippen LogP contribution in [0.5, 0.6) is 0 Å². The maximum Gasteiger partial charge on any atom is 0.164 e. The summed E-state index contributed by atoms with van der Waals surface area (Å²) >= 11 is 0. The first-order valence-electron chi connectivity index (χ1n) is 20.6. The Morgan fingerprint density at radius 3 is 1.74 bits per heavy atom. The molecule has 8 aromatic carbocycles. The Balaban J connectivity index is 1.16. The second kappa shape index (κ2) is 12.1. The Labute approximate surface area is 318 Å². The van der Waals surface area contributed by atoms with Crippen LogP contribution in [0.4, 0.5) is 0 Å². The number of para-hydroxylation sites is 2. The van der Waals surface area contributed by atoms with Crippen molar-refractivity contribution in [3.05, 3.63) is 182 Å². The van der Waals surface area contributed by atoms with E-state index in [4.69, 9.17) is 27.6 Å². The topological polar surface area (TPSA) is 56.7 Å². The summed E-state index contributed by atoms with van der Waals surface area (Å²) in [5.41, 5.74) is 6.45. The lowest BCUT2D eigenvalue weighted by Gasteiger charge is -2.11. The Morgan fingerprint density at radius 2 is 1.04 bits per heavy atom. The first-order valence-corrected chi connectivity index (χ1v) is 17.6. The van der Waals surface area contributed by atoms with Crippen LogP contribution in [0, 0.1) is 0 Å². The molecular formula is C49H30N4O. The fourth-order valence-corrected chi connectivity index (χ4v) is 7.41. The van der Waals surface area contributed by atoms with E-state index in [1.165, 1.54) is 12.1 Å². The fourth-order valence-electron chi connectivity index (χ4n) is 7.41. The van der Waals surface area contributed by atoms with Gasteiger partial charge in [-0.1, -0.05) is 139 Å². The SMILES string of the molecule is [2H]c1cc([2H])c2c(c1[2H])c1c([2H])c([2H])cc([2H])c1n2-c1cc(-c2ccccc2)c2oc3cc(-c4nc(-c5ccccc5)nc(-c5ccc6ccccc6c5)n4)ccc3c2c1. The highest BCUT2D eigenvalue weighted by molar-refractivity contribution is 6.13. The fraction of sp³-hybridized carbons (Fsp3) is 0. The zero-order valence-electron chi connectivity index (χ0n) is 34.6. The predicted octanol–water partition coefficient (Wildman–Crippen LogP) is 12.7. The predicted molar refractivity (Wildman–Crippen MR) is 221 cm³/mol. The molecule has 0 radical (unpaired) electrons. The van der Waals surface area contributed by atoms with Gasteiger partial charge in [-0.05, 0) is 58.8 Å². The van der Waals surface area contributed by atoms with Crippen LogP contribution in [-0.2, 0) is 0 Å². The Hall–Kier alpha value is -7.37. The summed E-state index contributed by atoms with van der Waals surface area (Å²) < 4.78 is 61.3. The van der Waals surface area contributed by atoms with Crippen LogP contribution < -0.4 is 0 Å². The van der Waals surface area contributed by atoms with E-state index in [1.54, 1.807) is 4.57 Å². The van der Waals surface area contributed by atoms with Crippen LogP contribution >= 0.6 is 0 Å². The van der Waals surface area contributed by atoms with Crippen molar-refractivity contribution < 1.29 is 12.6 Å². The van der Waals surface area contributed by atoms with Crippen LogP contribution in [0.2, 0.25) is 0 Å². The van der Waals surface area contributed by atoms with Crippen molar-refractivity contribution in [1.29, 1.82) is 0 Å². The van der Waals surface area contributed by atoms with Crippen molar-refractivity contribution in [3.63, 3.8) is 0 Å². The van der Waals surface area contributed by atoms with E-state index in [0.717, 1.165) is 49.4 Å². The molecule has 0 aliphatic carbocycles. The van der Waals surface area contributed by atoms with E-state index in [-0.39, 0.29) is 47.0 Å². The van der Waals surface area contributed by atoms with Crippen LogP contribution in [0.25, 0.3) is 105 Å². The normalized spacial score (nSPS) is 13.3. The van der Waals surface area contributed by atoms with E-state index in [9.17, 15) is 0 Å². The lowest BCUT2D eigenvalue weighted by atomic mass is 10.0. The van der Waals surface area contributed by atoms with Gasteiger partial charge in [0.2, 0.25) is 0 Å². The molecule has 0 unspecified atom stereocenters. The second-order valence-electron chi connectivity index (χ2n) is 13.2. The molecule has 11 aromatic rings. The molecule has 5 heteroatoms. The number of furan rings is 1. The molecule has 0 saturated carbocycles. The molecule has 0 spiro atoms. The minimum absolute atomic E-state index is 0.0223. The minimum atomic E-state index is -0.164. The van der Waals surface area contributed by atoms with Gasteiger partial charge in [0.15, 0.2) is 17.5 Å². The number of hydrogen-bond donors (Lipinski definition) is 0. The number of aromatic nitrogens is 4. The maximum absolute atomic E-state index is 9.05. The third-order valence-electron chi connectivity index (χ3n) is 9.96. The molecular weight excluding hydrogens is 661 g/mol. The minimum Gasteiger partial charge on any atom is -0.455 e. The summed E-state index contributed by atoms with van der Waals surface area (Å²) in [7, 11) is 0. The van der Waals surface area contributed by atoms with E-state index < -0.39 is 0 Å². The van der Waals surface area contributed by atoms with Gasteiger partial charge in [-0.3, -0.25) is 0 Å². The summed E-state index contributed by atoms with van der Waals surface area (Å²) in [6.07, 6.45) is 0. The molecule has 0 bridgehead atoms. The monoisotopic (exact) mass is 696 g/mol. The lowest BCUT2D eigenvalue weighted by Crippen LogP contribution is -2.00. The van der Waals surface area contributed by atoms with Crippen molar-refractivity contribution >= 4 is 54.5 Å². The number of rotatable bonds is 5. The van der Waals surface area contributed by atoms with Gasteiger partial charge in [-0.15, -0.1) is 0 Å². The van der Waals surface area contributed by atoms with Crippen LogP contribution in [-0.4, -0.2) is 19.5 Å². The third-order valence-corrected chi connectivity index (χ3v) is 9.96. The highest BCUT2D eigenvalue weighted by Crippen LogP contribution is 2.41. The second-order valence-corrected chi connectivity index (χ2v) is 13.2. The van der Waals surface area contributed by atoms with Gasteiger partial charge in [-0.25, -0.2) is 15.0 Å². The van der Waals surface area contributed by atoms with Crippen LogP contribution in [0.3, 0.4) is 0 Å². The number of benzene rings is 8. The number of hydrogen-bond acceptors (Lipinski definition) is 4. The number of fused-ring (bicyclic) bond motifs is 7. The van der Waals surface area contributed by atoms with Crippen molar-refractivity contribution in [2.45, 2.75) is 0 Å². The molecule has 0 aliphatic rings. The first-order chi connectivity index (χ1) is 29.2. The highest BCUT2D eigenvalue weighted by atomic mass is 16.3. The van der Waals surface area contributed by atoms with Crippen molar-refractivity contribution in [2.75, 3.05) is 0 Å². The quantitative estimate of drug-likeness (QED) is 0.180. The van der Waals surface area contributed by atoms with E-state index in [0.29, 0.717) is 45.4 Å². The van der Waals surface area contributed by atoms with Gasteiger partial charge in [-0.2, -0.15) is 0 Å². The molecule has 3 aromatic heterocycles. The van der Waals surface area contributed by atoms with Gasteiger partial charge in [0.1, 0.15) is 11.2 Å². The molecule has 54 heavy (non-hydrogen) atoms.